The molecule has 0 aliphatic carbocycles. The minimum Gasteiger partial charge on any atom is -0.513 e. The summed E-state index contributed by atoms with van der Waals surface area (Å²) in [5.41, 5.74) is -0.533. The third-order valence-corrected chi connectivity index (χ3v) is 9.07. The molecule has 2 aliphatic rings. The number of alkyl halides is 12. The smallest absolute Gasteiger partial charge is 0.417 e. The maximum atomic E-state index is 13.2. The standard InChI is InChI=1S/C23H17F6N6.C19H9F6NO2.Ir/c1-12-4-13(2)18(35-11-33(3)19-6-15(23(27,28)29)9-31-21(19)35)7-17(12)34-10-32-16-5-14(22(24,25)26)8-30-20(16)34;20-18(21,22)12-4-1-6-14(10-12)27-16-8-3-9-17(26-16)28-15-7-2-5-13(11-15)19(23,24)25;/h4-6,8-11,32H,1-3H3;1-5,8-11H;/q-3;-2;. The van der Waals surface area contributed by atoms with Gasteiger partial charge in [0.1, 0.15) is 11.6 Å². The molecule has 339 valence electrons. The molecule has 9 nitrogen and oxygen atoms in total. The summed E-state index contributed by atoms with van der Waals surface area (Å²) in [4.78, 5) is 16.7. The predicted octanol–water partition coefficient (Wildman–Crippen LogP) is 12.6. The molecular weight excluding hydrogens is 1050 g/mol. The van der Waals surface area contributed by atoms with Gasteiger partial charge in [-0.25, -0.2) is 9.97 Å². The Morgan fingerprint density at radius 1 is 0.609 bits per heavy atom. The van der Waals surface area contributed by atoms with Crippen LogP contribution < -0.4 is 29.5 Å². The molecule has 22 heteroatoms. The van der Waals surface area contributed by atoms with Gasteiger partial charge in [0, 0.05) is 61.8 Å². The van der Waals surface area contributed by atoms with Crippen molar-refractivity contribution in [1.82, 2.24) is 15.0 Å². The van der Waals surface area contributed by atoms with Crippen LogP contribution >= 0.6 is 0 Å². The molecule has 0 atom stereocenters. The van der Waals surface area contributed by atoms with E-state index in [1.807, 2.05) is 19.9 Å². The fraction of sp³-hybridized carbons (Fsp3) is 0.167. The van der Waals surface area contributed by atoms with Crippen molar-refractivity contribution < 1.29 is 82.3 Å². The minimum absolute atomic E-state index is 0. The van der Waals surface area contributed by atoms with Gasteiger partial charge in [-0.05, 0) is 19.2 Å². The zero-order valence-electron chi connectivity index (χ0n) is 32.6. The zero-order valence-corrected chi connectivity index (χ0v) is 35.0. The number of aromatic nitrogens is 3. The van der Waals surface area contributed by atoms with Crippen LogP contribution in [0.4, 0.5) is 87.1 Å². The molecule has 0 fully saturated rings. The van der Waals surface area contributed by atoms with Crippen molar-refractivity contribution in [1.29, 1.82) is 0 Å². The van der Waals surface area contributed by atoms with Gasteiger partial charge >= 0.3 is 24.7 Å². The number of pyridine rings is 3. The van der Waals surface area contributed by atoms with Crippen LogP contribution in [-0.2, 0) is 44.8 Å². The summed E-state index contributed by atoms with van der Waals surface area (Å²) in [5.74, 6) is -0.148. The number of hydrogen-bond donors (Lipinski definition) is 1. The summed E-state index contributed by atoms with van der Waals surface area (Å²) in [7, 11) is 1.61. The maximum Gasteiger partial charge on any atom is 0.417 e. The van der Waals surface area contributed by atoms with E-state index in [-0.39, 0.29) is 60.6 Å². The predicted molar refractivity (Wildman–Crippen MR) is 203 cm³/mol. The second kappa shape index (κ2) is 17.7. The Morgan fingerprint density at radius 2 is 1.09 bits per heavy atom. The van der Waals surface area contributed by atoms with Crippen LogP contribution in [0.25, 0.3) is 0 Å². The Labute approximate surface area is 369 Å². The summed E-state index contributed by atoms with van der Waals surface area (Å²) < 4.78 is 166. The number of rotatable bonds is 6. The topological polar surface area (TPSA) is 78.9 Å². The molecule has 6 aromatic rings. The number of aryl methyl sites for hydroxylation is 2. The van der Waals surface area contributed by atoms with Gasteiger partial charge < -0.3 is 29.5 Å². The molecule has 64 heavy (non-hydrogen) atoms. The van der Waals surface area contributed by atoms with E-state index in [1.165, 1.54) is 29.8 Å². The SMILES string of the molecule is Cc1cc(C)c(N2[CH-]N(C)c3cc(C(F)(F)F)cnc32)[c-]c1N1[CH-]Nc2cc(C(F)(F)F)cnc21.FC(F)(F)c1cc[c-]c(Oc2cccc(Oc3[c-]ccc(C(F)(F)F)c3)n2)c1.[Ir]. The van der Waals surface area contributed by atoms with E-state index in [4.69, 9.17) is 9.47 Å². The first-order valence-electron chi connectivity index (χ1n) is 17.9. The summed E-state index contributed by atoms with van der Waals surface area (Å²) in [6, 6.07) is 21.5. The first-order chi connectivity index (χ1) is 29.5. The number of nitrogens with zero attached hydrogens (tertiary/aromatic N) is 6. The number of anilines is 6. The van der Waals surface area contributed by atoms with Crippen molar-refractivity contribution >= 4 is 34.4 Å². The number of ether oxygens (including phenoxy) is 2. The van der Waals surface area contributed by atoms with Gasteiger partial charge in [0.2, 0.25) is 11.8 Å². The number of nitrogens with one attached hydrogen (secondary N) is 1. The Kier molecular flexibility index (Phi) is 13.1. The Morgan fingerprint density at radius 3 is 1.61 bits per heavy atom. The second-order valence-electron chi connectivity index (χ2n) is 13.6. The van der Waals surface area contributed by atoms with Crippen LogP contribution in [0.3, 0.4) is 0 Å². The summed E-state index contributed by atoms with van der Waals surface area (Å²) >= 11 is 0. The van der Waals surface area contributed by atoms with E-state index in [9.17, 15) is 52.7 Å². The molecule has 1 radical (unpaired) electrons. The van der Waals surface area contributed by atoms with Crippen LogP contribution in [-0.4, -0.2) is 22.0 Å². The average molecular weight is 1080 g/mol. The number of hydrogen-bond acceptors (Lipinski definition) is 9. The summed E-state index contributed by atoms with van der Waals surface area (Å²) in [6.07, 6.45) is -16.6. The molecule has 0 spiro atoms. The van der Waals surface area contributed by atoms with Gasteiger partial charge in [-0.2, -0.15) is 101 Å². The minimum atomic E-state index is -4.55. The van der Waals surface area contributed by atoms with Crippen LogP contribution in [0.1, 0.15) is 33.4 Å². The Bertz CT molecular complexity index is 2580. The van der Waals surface area contributed by atoms with Gasteiger partial charge in [-0.1, -0.05) is 42.4 Å². The Hall–Kier alpha value is -6.28. The van der Waals surface area contributed by atoms with Gasteiger partial charge in [-0.3, -0.25) is 0 Å². The monoisotopic (exact) mass is 1080 g/mol. The molecule has 8 rings (SSSR count). The van der Waals surface area contributed by atoms with E-state index in [2.05, 4.69) is 38.5 Å². The van der Waals surface area contributed by atoms with Crippen LogP contribution in [0.5, 0.6) is 23.3 Å². The van der Waals surface area contributed by atoms with Crippen LogP contribution in [0.2, 0.25) is 0 Å². The maximum absolute atomic E-state index is 13.2. The van der Waals surface area contributed by atoms with Crippen molar-refractivity contribution in [3.63, 3.8) is 0 Å². The molecule has 3 aromatic heterocycles. The number of halogens is 12. The number of fused-ring (bicyclic) bond motifs is 2. The van der Waals surface area contributed by atoms with Crippen molar-refractivity contribution in [2.45, 2.75) is 38.6 Å². The molecule has 0 saturated heterocycles. The Balaban J connectivity index is 0.000000215. The zero-order chi connectivity index (χ0) is 45.6. The normalized spacial score (nSPS) is 13.6. The van der Waals surface area contributed by atoms with E-state index >= 15 is 0 Å². The first-order valence-corrected chi connectivity index (χ1v) is 17.9. The third-order valence-electron chi connectivity index (χ3n) is 9.07. The van der Waals surface area contributed by atoms with Crippen molar-refractivity contribution in [2.75, 3.05) is 27.1 Å². The second-order valence-corrected chi connectivity index (χ2v) is 13.6. The fourth-order valence-electron chi connectivity index (χ4n) is 6.14. The van der Waals surface area contributed by atoms with E-state index in [0.29, 0.717) is 17.2 Å². The van der Waals surface area contributed by atoms with Gasteiger partial charge in [0.25, 0.3) is 0 Å². The molecule has 1 N–H and O–H groups in total. The van der Waals surface area contributed by atoms with Crippen LogP contribution in [0.15, 0.2) is 85.2 Å². The fourth-order valence-corrected chi connectivity index (χ4v) is 6.14. The van der Waals surface area contributed by atoms with Crippen LogP contribution in [0, 0.1) is 45.4 Å². The van der Waals surface area contributed by atoms with E-state index in [0.717, 1.165) is 72.1 Å². The van der Waals surface area contributed by atoms with Crippen molar-refractivity contribution in [3.05, 3.63) is 150 Å². The van der Waals surface area contributed by atoms with Crippen molar-refractivity contribution in [2.24, 2.45) is 0 Å². The molecule has 0 saturated carbocycles. The largest absolute Gasteiger partial charge is 0.513 e. The van der Waals surface area contributed by atoms with E-state index < -0.39 is 47.0 Å². The molecule has 2 aliphatic heterocycles. The average Bonchev–Trinajstić information content (AvgIpc) is 3.77. The molecule has 0 amide bonds. The molecule has 5 heterocycles. The van der Waals surface area contributed by atoms with Crippen molar-refractivity contribution in [3.8, 4) is 23.3 Å². The molecule has 0 bridgehead atoms. The molecule has 3 aromatic carbocycles. The van der Waals surface area contributed by atoms with Gasteiger partial charge in [-0.15, -0.1) is 41.5 Å². The first kappa shape index (κ1) is 47.2. The summed E-state index contributed by atoms with van der Waals surface area (Å²) in [5, 5.41) is 2.80. The quantitative estimate of drug-likeness (QED) is 0.130. The number of benzene rings is 3. The van der Waals surface area contributed by atoms with Gasteiger partial charge in [0.05, 0.1) is 16.8 Å². The third kappa shape index (κ3) is 10.4. The summed E-state index contributed by atoms with van der Waals surface area (Å²) in [6.45, 7) is 6.73. The molecule has 0 unspecified atom stereocenters. The van der Waals surface area contributed by atoms with Gasteiger partial charge in [0.15, 0.2) is 0 Å². The van der Waals surface area contributed by atoms with E-state index in [1.54, 1.807) is 23.5 Å². The molecular formula is C42H26F12IrN7O2-5.